The van der Waals surface area contributed by atoms with E-state index in [1.54, 1.807) is 0 Å². The van der Waals surface area contributed by atoms with Gasteiger partial charge < -0.3 is 14.6 Å². The van der Waals surface area contributed by atoms with Crippen LogP contribution in [0.3, 0.4) is 0 Å². The van der Waals surface area contributed by atoms with Gasteiger partial charge in [-0.15, -0.1) is 0 Å². The molecule has 0 spiro atoms. The molecule has 1 N–H and O–H groups in total. The summed E-state index contributed by atoms with van der Waals surface area (Å²) in [4.78, 5) is 6.02. The molecule has 3 nitrogen and oxygen atoms in total. The molecule has 0 radical (unpaired) electrons. The molecule has 3 heteroatoms. The molecule has 1 aliphatic carbocycles. The van der Waals surface area contributed by atoms with Crippen molar-refractivity contribution >= 4 is 10.9 Å². The molecule has 2 heterocycles. The number of hydrogen-bond donors (Lipinski definition) is 1. The molecule has 2 aliphatic rings. The summed E-state index contributed by atoms with van der Waals surface area (Å²) in [5.74, 6) is 2.16. The fraction of sp³-hybridized carbons (Fsp3) is 0.364. The topological polar surface area (TPSA) is 28.3 Å². The Morgan fingerprint density at radius 1 is 1.12 bits per heavy atom. The third kappa shape index (κ3) is 2.54. The number of fused-ring (bicyclic) bond motifs is 2. The van der Waals surface area contributed by atoms with E-state index in [0.29, 0.717) is 17.9 Å². The Bertz CT molecular complexity index is 885. The molecule has 0 bridgehead atoms. The third-order valence-corrected chi connectivity index (χ3v) is 6.04. The molecule has 128 valence electrons. The van der Waals surface area contributed by atoms with E-state index in [1.165, 1.54) is 28.5 Å². The summed E-state index contributed by atoms with van der Waals surface area (Å²) in [6.07, 6.45) is 4.58. The van der Waals surface area contributed by atoms with Crippen LogP contribution in [-0.2, 0) is 6.42 Å². The maximum atomic E-state index is 6.07. The van der Waals surface area contributed by atoms with Gasteiger partial charge in [0, 0.05) is 41.5 Å². The lowest BCUT2D eigenvalue weighted by Crippen LogP contribution is -2.49. The van der Waals surface area contributed by atoms with E-state index in [0.717, 1.165) is 25.3 Å². The van der Waals surface area contributed by atoms with Crippen molar-refractivity contribution in [1.82, 2.24) is 9.88 Å². The second-order valence-electron chi connectivity index (χ2n) is 7.63. The number of aromatic nitrogens is 1. The first kappa shape index (κ1) is 15.0. The highest BCUT2D eigenvalue weighted by Crippen LogP contribution is 2.44. The average molecular weight is 332 g/mol. The van der Waals surface area contributed by atoms with Gasteiger partial charge in [0.1, 0.15) is 5.75 Å². The van der Waals surface area contributed by atoms with Crippen LogP contribution in [-0.4, -0.2) is 36.1 Å². The Kier molecular flexibility index (Phi) is 3.56. The van der Waals surface area contributed by atoms with E-state index in [2.05, 4.69) is 41.3 Å². The number of nitrogens with one attached hydrogen (secondary N) is 1. The molecule has 3 aromatic rings. The van der Waals surface area contributed by atoms with Crippen molar-refractivity contribution in [2.45, 2.75) is 24.8 Å². The number of rotatable bonds is 3. The van der Waals surface area contributed by atoms with Gasteiger partial charge in [0.25, 0.3) is 0 Å². The Hall–Kier alpha value is -2.26. The molecule has 25 heavy (non-hydrogen) atoms. The Labute approximate surface area is 148 Å². The van der Waals surface area contributed by atoms with Gasteiger partial charge >= 0.3 is 0 Å². The lowest BCUT2D eigenvalue weighted by molar-refractivity contribution is 0.0837. The molecule has 3 atom stereocenters. The van der Waals surface area contributed by atoms with Gasteiger partial charge in [-0.1, -0.05) is 30.3 Å². The van der Waals surface area contributed by atoms with Crippen LogP contribution in [0.25, 0.3) is 10.9 Å². The van der Waals surface area contributed by atoms with E-state index < -0.39 is 0 Å². The van der Waals surface area contributed by atoms with Crippen LogP contribution < -0.4 is 4.74 Å². The van der Waals surface area contributed by atoms with Crippen molar-refractivity contribution < 1.29 is 4.74 Å². The van der Waals surface area contributed by atoms with Crippen LogP contribution in [0, 0.1) is 5.92 Å². The molecule has 0 amide bonds. The number of benzene rings is 2. The van der Waals surface area contributed by atoms with Gasteiger partial charge in [-0.25, -0.2) is 0 Å². The first-order chi connectivity index (χ1) is 12.3. The van der Waals surface area contributed by atoms with Crippen molar-refractivity contribution in [2.75, 3.05) is 20.2 Å². The van der Waals surface area contributed by atoms with Crippen molar-refractivity contribution in [2.24, 2.45) is 5.92 Å². The zero-order valence-corrected chi connectivity index (χ0v) is 14.6. The first-order valence-electron chi connectivity index (χ1n) is 9.26. The predicted octanol–water partition coefficient (Wildman–Crippen LogP) is 4.21. The van der Waals surface area contributed by atoms with Crippen LogP contribution >= 0.6 is 0 Å². The fourth-order valence-electron chi connectivity index (χ4n) is 4.91. The van der Waals surface area contributed by atoms with Crippen molar-refractivity contribution in [3.63, 3.8) is 0 Å². The van der Waals surface area contributed by atoms with Gasteiger partial charge in [0.15, 0.2) is 0 Å². The second kappa shape index (κ2) is 5.92. The Balaban J connectivity index is 1.40. The van der Waals surface area contributed by atoms with Gasteiger partial charge in [0.05, 0.1) is 6.61 Å². The molecule has 1 aromatic heterocycles. The number of aromatic amines is 1. The van der Waals surface area contributed by atoms with E-state index in [4.69, 9.17) is 4.74 Å². The minimum atomic E-state index is 0.571. The number of likely N-dealkylation sites (N-methyl/N-ethyl adjacent to an activating group) is 1. The minimum Gasteiger partial charge on any atom is -0.493 e. The van der Waals surface area contributed by atoms with Crippen LogP contribution in [0.4, 0.5) is 0 Å². The van der Waals surface area contributed by atoms with E-state index in [9.17, 15) is 0 Å². The molecule has 1 saturated heterocycles. The van der Waals surface area contributed by atoms with Crippen LogP contribution in [0.15, 0.2) is 54.7 Å². The molecular weight excluding hydrogens is 308 g/mol. The molecule has 1 fully saturated rings. The van der Waals surface area contributed by atoms with Crippen molar-refractivity contribution in [1.29, 1.82) is 0 Å². The number of piperidine rings is 1. The maximum Gasteiger partial charge on any atom is 0.119 e. The summed E-state index contributed by atoms with van der Waals surface area (Å²) < 4.78 is 6.07. The highest BCUT2D eigenvalue weighted by Gasteiger charge is 2.39. The fourth-order valence-corrected chi connectivity index (χ4v) is 4.91. The number of H-pyrrole nitrogens is 1. The summed E-state index contributed by atoms with van der Waals surface area (Å²) in [6.45, 7) is 1.91. The molecule has 2 aromatic carbocycles. The lowest BCUT2D eigenvalue weighted by Gasteiger charge is -2.45. The van der Waals surface area contributed by atoms with E-state index in [-0.39, 0.29) is 0 Å². The number of para-hydroxylation sites is 1. The highest BCUT2D eigenvalue weighted by atomic mass is 16.5. The third-order valence-electron chi connectivity index (χ3n) is 6.04. The van der Waals surface area contributed by atoms with Gasteiger partial charge in [0.2, 0.25) is 0 Å². The van der Waals surface area contributed by atoms with Crippen molar-refractivity contribution in [3.05, 3.63) is 65.9 Å². The van der Waals surface area contributed by atoms with E-state index >= 15 is 0 Å². The molecule has 0 saturated carbocycles. The second-order valence-corrected chi connectivity index (χ2v) is 7.63. The number of ether oxygens (including phenoxy) is 1. The lowest BCUT2D eigenvalue weighted by atomic mass is 9.72. The largest absolute Gasteiger partial charge is 0.493 e. The number of hydrogen-bond acceptors (Lipinski definition) is 2. The zero-order valence-electron chi connectivity index (χ0n) is 14.6. The average Bonchev–Trinajstić information content (AvgIpc) is 3.06. The first-order valence-corrected chi connectivity index (χ1v) is 9.26. The summed E-state index contributed by atoms with van der Waals surface area (Å²) in [7, 11) is 2.28. The van der Waals surface area contributed by atoms with Crippen LogP contribution in [0.1, 0.15) is 23.5 Å². The standard InChI is InChI=1S/C22H24N2O/c1-24-13-15(14-25-17-6-3-2-4-7-17)10-19-18-8-5-9-20-22(18)16(12-23-20)11-21(19)24/h2-9,12,15,19,21,23H,10-11,13-14H2,1H3/t15?,19-,21-/m0/s1. The van der Waals surface area contributed by atoms with E-state index in [1.807, 2.05) is 30.3 Å². The SMILES string of the molecule is CN1CC(COc2ccccc2)C[C@H]2c3cccc4[nH]cc(c34)C[C@@H]21. The monoisotopic (exact) mass is 332 g/mol. The Morgan fingerprint density at radius 3 is 2.88 bits per heavy atom. The van der Waals surface area contributed by atoms with Gasteiger partial charge in [-0.05, 0) is 49.2 Å². The van der Waals surface area contributed by atoms with Crippen LogP contribution in [0.2, 0.25) is 0 Å². The number of likely N-dealkylation sites (tertiary alicyclic amines) is 1. The molecular formula is C22H24N2O. The molecule has 1 aliphatic heterocycles. The quantitative estimate of drug-likeness (QED) is 0.778. The smallest absolute Gasteiger partial charge is 0.119 e. The van der Waals surface area contributed by atoms with Crippen molar-refractivity contribution in [3.8, 4) is 5.75 Å². The minimum absolute atomic E-state index is 0.571. The van der Waals surface area contributed by atoms with Crippen LogP contribution in [0.5, 0.6) is 5.75 Å². The zero-order chi connectivity index (χ0) is 16.8. The molecule has 5 rings (SSSR count). The van der Waals surface area contributed by atoms with Gasteiger partial charge in [-0.2, -0.15) is 0 Å². The summed E-state index contributed by atoms with van der Waals surface area (Å²) in [6, 6.07) is 17.5. The Morgan fingerprint density at radius 2 is 2.00 bits per heavy atom. The molecule has 1 unspecified atom stereocenters. The normalized spacial score (nSPS) is 25.7. The highest BCUT2D eigenvalue weighted by molar-refractivity contribution is 5.88. The summed E-state index contributed by atoms with van der Waals surface area (Å²) in [5.41, 5.74) is 4.30. The summed E-state index contributed by atoms with van der Waals surface area (Å²) >= 11 is 0. The van der Waals surface area contributed by atoms with Gasteiger partial charge in [-0.3, -0.25) is 0 Å². The summed E-state index contributed by atoms with van der Waals surface area (Å²) in [5, 5.41) is 1.47. The maximum absolute atomic E-state index is 6.07. The predicted molar refractivity (Wildman–Crippen MR) is 101 cm³/mol. The number of nitrogens with zero attached hydrogens (tertiary/aromatic N) is 1.